The van der Waals surface area contributed by atoms with E-state index in [2.05, 4.69) is 57.2 Å². The number of thiocarbonyl (C=S) groups is 1. The number of fused-ring (bicyclic) bond motifs is 2. The van der Waals surface area contributed by atoms with Gasteiger partial charge in [-0.15, -0.1) is 0 Å². The van der Waals surface area contributed by atoms with Crippen LogP contribution in [-0.2, 0) is 5.41 Å². The van der Waals surface area contributed by atoms with Crippen LogP contribution in [0.1, 0.15) is 58.4 Å². The predicted molar refractivity (Wildman–Crippen MR) is 103 cm³/mol. The van der Waals surface area contributed by atoms with Gasteiger partial charge in [0, 0.05) is 5.41 Å². The molecule has 124 valence electrons. The van der Waals surface area contributed by atoms with E-state index in [9.17, 15) is 0 Å². The maximum atomic E-state index is 6.21. The zero-order chi connectivity index (χ0) is 16.7. The minimum Gasteiger partial charge on any atom is -0.393 e. The van der Waals surface area contributed by atoms with Gasteiger partial charge in [-0.25, -0.2) is 0 Å². The van der Waals surface area contributed by atoms with E-state index >= 15 is 0 Å². The zero-order valence-corrected chi connectivity index (χ0v) is 15.5. The lowest BCUT2D eigenvalue weighted by Crippen LogP contribution is -2.51. The summed E-state index contributed by atoms with van der Waals surface area (Å²) in [5.74, 6) is 1.28. The fraction of sp³-hybridized carbons (Fsp3) is 0.571. The minimum absolute atomic E-state index is 0.0267. The summed E-state index contributed by atoms with van der Waals surface area (Å²) in [7, 11) is 0. The molecule has 23 heavy (non-hydrogen) atoms. The van der Waals surface area contributed by atoms with E-state index in [0.717, 1.165) is 19.3 Å². The Hall–Kier alpha value is -1.15. The van der Waals surface area contributed by atoms with Gasteiger partial charge >= 0.3 is 0 Å². The summed E-state index contributed by atoms with van der Waals surface area (Å²) in [4.78, 5) is 0.702. The van der Waals surface area contributed by atoms with Gasteiger partial charge in [0.15, 0.2) is 0 Å². The number of rotatable bonds is 3. The molecule has 0 spiro atoms. The van der Waals surface area contributed by atoms with Crippen molar-refractivity contribution in [1.82, 2.24) is 0 Å². The minimum atomic E-state index is -0.0267. The van der Waals surface area contributed by atoms with Crippen molar-refractivity contribution in [3.05, 3.63) is 47.5 Å². The van der Waals surface area contributed by atoms with Crippen molar-refractivity contribution in [3.8, 4) is 0 Å². The normalized spacial score (nSPS) is 38.5. The van der Waals surface area contributed by atoms with Crippen LogP contribution in [0.15, 0.2) is 42.0 Å². The fourth-order valence-corrected chi connectivity index (χ4v) is 5.55. The van der Waals surface area contributed by atoms with Crippen molar-refractivity contribution < 1.29 is 0 Å². The highest BCUT2D eigenvalue weighted by atomic mass is 32.1. The number of hydrogen-bond donors (Lipinski definition) is 1. The second-order valence-electron chi connectivity index (χ2n) is 8.07. The molecule has 4 atom stereocenters. The van der Waals surface area contributed by atoms with Crippen LogP contribution < -0.4 is 5.73 Å². The van der Waals surface area contributed by atoms with E-state index in [1.54, 1.807) is 5.57 Å². The Kier molecular flexibility index (Phi) is 4.39. The average Bonchev–Trinajstić information content (AvgIpc) is 2.51. The molecule has 2 aliphatic carbocycles. The Balaban J connectivity index is 2.08. The summed E-state index contributed by atoms with van der Waals surface area (Å²) < 4.78 is 0. The van der Waals surface area contributed by atoms with Crippen molar-refractivity contribution in [2.24, 2.45) is 23.0 Å². The monoisotopic (exact) mass is 327 g/mol. The topological polar surface area (TPSA) is 26.0 Å². The summed E-state index contributed by atoms with van der Waals surface area (Å²) in [6, 6.07) is 11.1. The van der Waals surface area contributed by atoms with E-state index in [4.69, 9.17) is 18.0 Å². The third-order valence-electron chi connectivity index (χ3n) is 6.22. The number of allylic oxidation sites excluding steroid dienone is 2. The van der Waals surface area contributed by atoms with Gasteiger partial charge in [0.1, 0.15) is 0 Å². The molecular weight excluding hydrogens is 298 g/mol. The van der Waals surface area contributed by atoms with E-state index in [0.29, 0.717) is 16.8 Å². The highest BCUT2D eigenvalue weighted by Crippen LogP contribution is 2.59. The first kappa shape index (κ1) is 16.7. The Bertz CT molecular complexity index is 616. The Morgan fingerprint density at radius 1 is 1.26 bits per heavy atom. The van der Waals surface area contributed by atoms with Crippen molar-refractivity contribution in [1.29, 1.82) is 0 Å². The molecule has 0 aromatic heterocycles. The summed E-state index contributed by atoms with van der Waals surface area (Å²) in [6.45, 7) is 6.95. The van der Waals surface area contributed by atoms with Crippen LogP contribution in [0.4, 0.5) is 0 Å². The standard InChI is InChI=1S/C21H29NS/c1-4-8-18-15(2)11-21(17-9-6-5-7-10-17)13-16(18)12-20(3,14-21)19(22)23/h5-10,15-16H,4,11-14H2,1-3H3,(H2,22,23)/b18-8+. The first-order valence-electron chi connectivity index (χ1n) is 8.95. The summed E-state index contributed by atoms with van der Waals surface area (Å²) in [6.07, 6.45) is 8.28. The molecule has 2 fully saturated rings. The first-order chi connectivity index (χ1) is 10.9. The van der Waals surface area contributed by atoms with Gasteiger partial charge in [-0.3, -0.25) is 0 Å². The van der Waals surface area contributed by atoms with Crippen LogP contribution in [0.3, 0.4) is 0 Å². The molecule has 1 nitrogen and oxygen atoms in total. The van der Waals surface area contributed by atoms with Gasteiger partial charge in [0.25, 0.3) is 0 Å². The van der Waals surface area contributed by atoms with E-state index < -0.39 is 0 Å². The Labute approximate surface area is 146 Å². The summed E-state index contributed by atoms with van der Waals surface area (Å²) in [5, 5.41) is 0. The van der Waals surface area contributed by atoms with Crippen molar-refractivity contribution >= 4 is 17.2 Å². The molecule has 2 bridgehead atoms. The summed E-state index contributed by atoms with van der Waals surface area (Å²) in [5.41, 5.74) is 9.54. The van der Waals surface area contributed by atoms with Gasteiger partial charge in [-0.1, -0.05) is 75.0 Å². The van der Waals surface area contributed by atoms with E-state index in [1.165, 1.54) is 18.4 Å². The molecular formula is C21H29NS. The van der Waals surface area contributed by atoms with Crippen LogP contribution in [0.25, 0.3) is 0 Å². The van der Waals surface area contributed by atoms with Crippen molar-refractivity contribution in [2.45, 2.75) is 58.3 Å². The molecule has 4 unspecified atom stereocenters. The first-order valence-corrected chi connectivity index (χ1v) is 9.36. The van der Waals surface area contributed by atoms with Crippen LogP contribution in [0, 0.1) is 17.3 Å². The largest absolute Gasteiger partial charge is 0.393 e. The molecule has 0 aliphatic heterocycles. The Morgan fingerprint density at radius 3 is 2.57 bits per heavy atom. The van der Waals surface area contributed by atoms with Gasteiger partial charge in [-0.2, -0.15) is 0 Å². The maximum absolute atomic E-state index is 6.21. The number of nitrogens with two attached hydrogens (primary N) is 1. The molecule has 0 radical (unpaired) electrons. The van der Waals surface area contributed by atoms with Crippen LogP contribution in [0.5, 0.6) is 0 Å². The van der Waals surface area contributed by atoms with Crippen molar-refractivity contribution in [3.63, 3.8) is 0 Å². The average molecular weight is 328 g/mol. The molecule has 2 saturated carbocycles. The molecule has 0 saturated heterocycles. The number of benzene rings is 1. The molecule has 1 aromatic rings. The third kappa shape index (κ3) is 2.87. The lowest BCUT2D eigenvalue weighted by Gasteiger charge is -2.55. The second-order valence-corrected chi connectivity index (χ2v) is 8.51. The lowest BCUT2D eigenvalue weighted by molar-refractivity contribution is 0.0947. The molecule has 2 heteroatoms. The van der Waals surface area contributed by atoms with Gasteiger partial charge in [0.05, 0.1) is 4.99 Å². The smallest absolute Gasteiger partial charge is 0.0787 e. The predicted octanol–water partition coefficient (Wildman–Crippen LogP) is 5.39. The molecule has 0 amide bonds. The quantitative estimate of drug-likeness (QED) is 0.595. The van der Waals surface area contributed by atoms with Crippen LogP contribution in [0.2, 0.25) is 0 Å². The van der Waals surface area contributed by atoms with Gasteiger partial charge in [-0.05, 0) is 54.9 Å². The molecule has 1 aromatic carbocycles. The van der Waals surface area contributed by atoms with Crippen molar-refractivity contribution in [2.75, 3.05) is 0 Å². The molecule has 0 heterocycles. The lowest BCUT2D eigenvalue weighted by atomic mass is 9.49. The summed E-state index contributed by atoms with van der Waals surface area (Å²) >= 11 is 5.50. The van der Waals surface area contributed by atoms with Crippen LogP contribution in [-0.4, -0.2) is 4.99 Å². The maximum Gasteiger partial charge on any atom is 0.0787 e. The van der Waals surface area contributed by atoms with E-state index in [-0.39, 0.29) is 10.8 Å². The van der Waals surface area contributed by atoms with Gasteiger partial charge in [0.2, 0.25) is 0 Å². The molecule has 2 aliphatic rings. The Morgan fingerprint density at radius 2 is 1.96 bits per heavy atom. The SMILES string of the molecule is CC/C=C1\C(C)CC2(c3ccccc3)CC1CC(C)(C(N)=S)C2. The highest BCUT2D eigenvalue weighted by molar-refractivity contribution is 7.80. The third-order valence-corrected chi connectivity index (χ3v) is 6.71. The highest BCUT2D eigenvalue weighted by Gasteiger charge is 2.52. The second kappa shape index (κ2) is 6.05. The molecule has 2 N–H and O–H groups in total. The fourth-order valence-electron chi connectivity index (χ4n) is 5.40. The number of hydrogen-bond acceptors (Lipinski definition) is 1. The van der Waals surface area contributed by atoms with Crippen LogP contribution >= 0.6 is 12.2 Å². The van der Waals surface area contributed by atoms with Gasteiger partial charge < -0.3 is 5.73 Å². The molecule has 3 rings (SSSR count). The zero-order valence-electron chi connectivity index (χ0n) is 14.6. The van der Waals surface area contributed by atoms with E-state index in [1.807, 2.05) is 0 Å².